The van der Waals surface area contributed by atoms with Gasteiger partial charge >= 0.3 is 6.09 Å². The lowest BCUT2D eigenvalue weighted by molar-refractivity contribution is 0.0218. The van der Waals surface area contributed by atoms with Gasteiger partial charge in [0.25, 0.3) is 0 Å². The minimum atomic E-state index is -0.532. The molecule has 128 valence electrons. The van der Waals surface area contributed by atoms with Crippen LogP contribution in [0.1, 0.15) is 45.5 Å². The molecule has 0 bridgehead atoms. The Labute approximate surface area is 145 Å². The molecule has 2 aromatic rings. The van der Waals surface area contributed by atoms with E-state index < -0.39 is 5.60 Å². The molecule has 1 aliphatic heterocycles. The SMILES string of the molecule is CC(C)(C)OC(=O)N1CCCC1c1nnn(-c2cccc(Cl)c2)n1. The van der Waals surface area contributed by atoms with Crippen LogP contribution in [0.5, 0.6) is 0 Å². The number of nitrogens with zero attached hydrogens (tertiary/aromatic N) is 5. The summed E-state index contributed by atoms with van der Waals surface area (Å²) in [5, 5.41) is 13.2. The molecule has 7 nitrogen and oxygen atoms in total. The van der Waals surface area contributed by atoms with Crippen LogP contribution in [0, 0.1) is 0 Å². The Bertz CT molecular complexity index is 740. The molecule has 0 saturated carbocycles. The van der Waals surface area contributed by atoms with E-state index in [-0.39, 0.29) is 12.1 Å². The molecule has 1 aromatic carbocycles. The van der Waals surface area contributed by atoms with Crippen molar-refractivity contribution < 1.29 is 9.53 Å². The summed E-state index contributed by atoms with van der Waals surface area (Å²) in [6.07, 6.45) is 1.33. The second-order valence-corrected chi connectivity index (χ2v) is 7.19. The number of tetrazole rings is 1. The van der Waals surface area contributed by atoms with Crippen LogP contribution in [-0.2, 0) is 4.74 Å². The molecule has 1 saturated heterocycles. The summed E-state index contributed by atoms with van der Waals surface area (Å²) < 4.78 is 5.47. The van der Waals surface area contributed by atoms with E-state index in [1.165, 1.54) is 4.80 Å². The number of hydrogen-bond acceptors (Lipinski definition) is 5. The molecule has 8 heteroatoms. The van der Waals surface area contributed by atoms with Gasteiger partial charge in [-0.25, -0.2) is 4.79 Å². The first-order valence-electron chi connectivity index (χ1n) is 7.89. The maximum Gasteiger partial charge on any atom is 0.410 e. The molecule has 0 aliphatic carbocycles. The summed E-state index contributed by atoms with van der Waals surface area (Å²) in [6.45, 7) is 6.18. The standard InChI is InChI=1S/C16H20ClN5O2/c1-16(2,3)24-15(23)21-9-5-8-13(21)14-18-20-22(19-14)12-7-4-6-11(17)10-12/h4,6-7,10,13H,5,8-9H2,1-3H3. The van der Waals surface area contributed by atoms with E-state index in [4.69, 9.17) is 16.3 Å². The van der Waals surface area contributed by atoms with Crippen molar-refractivity contribution in [3.8, 4) is 5.69 Å². The number of ether oxygens (including phenoxy) is 1. The van der Waals surface area contributed by atoms with Gasteiger partial charge in [0.15, 0.2) is 5.82 Å². The highest BCUT2D eigenvalue weighted by Gasteiger charge is 2.35. The first-order valence-corrected chi connectivity index (χ1v) is 8.27. The number of halogens is 1. The zero-order chi connectivity index (χ0) is 17.3. The largest absolute Gasteiger partial charge is 0.444 e. The summed E-state index contributed by atoms with van der Waals surface area (Å²) in [4.78, 5) is 15.5. The van der Waals surface area contributed by atoms with Crippen LogP contribution in [-0.4, -0.2) is 43.3 Å². The molecule has 0 N–H and O–H groups in total. The topological polar surface area (TPSA) is 73.1 Å². The van der Waals surface area contributed by atoms with E-state index in [0.717, 1.165) is 18.5 Å². The third kappa shape index (κ3) is 3.67. The molecular formula is C16H20ClN5O2. The van der Waals surface area contributed by atoms with Gasteiger partial charge in [0.2, 0.25) is 0 Å². The van der Waals surface area contributed by atoms with E-state index in [0.29, 0.717) is 17.4 Å². The van der Waals surface area contributed by atoms with Crippen molar-refractivity contribution in [2.75, 3.05) is 6.54 Å². The second-order valence-electron chi connectivity index (χ2n) is 6.75. The van der Waals surface area contributed by atoms with E-state index in [1.54, 1.807) is 17.0 Å². The van der Waals surface area contributed by atoms with Gasteiger partial charge < -0.3 is 4.74 Å². The van der Waals surface area contributed by atoms with Crippen LogP contribution < -0.4 is 0 Å². The van der Waals surface area contributed by atoms with Gasteiger partial charge in [-0.2, -0.15) is 0 Å². The molecular weight excluding hydrogens is 330 g/mol. The quantitative estimate of drug-likeness (QED) is 0.830. The number of rotatable bonds is 2. The van der Waals surface area contributed by atoms with Crippen LogP contribution in [0.15, 0.2) is 24.3 Å². The number of aromatic nitrogens is 4. The van der Waals surface area contributed by atoms with Crippen LogP contribution in [0.3, 0.4) is 0 Å². The monoisotopic (exact) mass is 349 g/mol. The van der Waals surface area contributed by atoms with Crippen molar-refractivity contribution in [3.63, 3.8) is 0 Å². The van der Waals surface area contributed by atoms with Crippen molar-refractivity contribution in [1.29, 1.82) is 0 Å². The molecule has 3 rings (SSSR count). The molecule has 2 heterocycles. The minimum absolute atomic E-state index is 0.215. The molecule has 1 aromatic heterocycles. The average molecular weight is 350 g/mol. The molecule has 24 heavy (non-hydrogen) atoms. The fourth-order valence-electron chi connectivity index (χ4n) is 2.64. The zero-order valence-electron chi connectivity index (χ0n) is 13.9. The number of hydrogen-bond donors (Lipinski definition) is 0. The van der Waals surface area contributed by atoms with Gasteiger partial charge in [0, 0.05) is 11.6 Å². The Balaban J connectivity index is 1.80. The summed E-state index contributed by atoms with van der Waals surface area (Å²) >= 11 is 6.00. The number of carbonyl (C=O) groups is 1. The first kappa shape index (κ1) is 16.7. The van der Waals surface area contributed by atoms with Gasteiger partial charge in [0.1, 0.15) is 5.60 Å². The lowest BCUT2D eigenvalue weighted by Crippen LogP contribution is -2.36. The lowest BCUT2D eigenvalue weighted by Gasteiger charge is -2.27. The van der Waals surface area contributed by atoms with Gasteiger partial charge in [-0.3, -0.25) is 4.90 Å². The van der Waals surface area contributed by atoms with Crippen molar-refractivity contribution in [1.82, 2.24) is 25.1 Å². The molecule has 0 radical (unpaired) electrons. The Morgan fingerprint density at radius 1 is 1.38 bits per heavy atom. The van der Waals surface area contributed by atoms with Crippen molar-refractivity contribution in [3.05, 3.63) is 35.1 Å². The predicted molar refractivity (Wildman–Crippen MR) is 89.1 cm³/mol. The Morgan fingerprint density at radius 3 is 2.88 bits per heavy atom. The van der Waals surface area contributed by atoms with E-state index in [9.17, 15) is 4.79 Å². The van der Waals surface area contributed by atoms with Gasteiger partial charge in [-0.05, 0) is 57.0 Å². The Hall–Kier alpha value is -2.15. The predicted octanol–water partition coefficient (Wildman–Crippen LogP) is 3.39. The van der Waals surface area contributed by atoms with Crippen molar-refractivity contribution in [2.45, 2.75) is 45.3 Å². The van der Waals surface area contributed by atoms with Gasteiger partial charge in [-0.1, -0.05) is 17.7 Å². The van der Waals surface area contributed by atoms with E-state index in [1.807, 2.05) is 32.9 Å². The van der Waals surface area contributed by atoms with Crippen LogP contribution in [0.2, 0.25) is 5.02 Å². The zero-order valence-corrected chi connectivity index (χ0v) is 14.7. The van der Waals surface area contributed by atoms with Crippen molar-refractivity contribution in [2.24, 2.45) is 0 Å². The molecule has 1 amide bonds. The number of likely N-dealkylation sites (tertiary alicyclic amines) is 1. The first-order chi connectivity index (χ1) is 11.3. The number of amides is 1. The third-order valence-corrected chi connectivity index (χ3v) is 3.88. The van der Waals surface area contributed by atoms with Gasteiger partial charge in [-0.15, -0.1) is 15.0 Å². The molecule has 1 fully saturated rings. The van der Waals surface area contributed by atoms with Crippen molar-refractivity contribution >= 4 is 17.7 Å². The molecule has 1 unspecified atom stereocenters. The summed E-state index contributed by atoms with van der Waals surface area (Å²) in [5.41, 5.74) is 0.193. The average Bonchev–Trinajstić information content (AvgIpc) is 3.14. The van der Waals surface area contributed by atoms with Gasteiger partial charge in [0.05, 0.1) is 11.7 Å². The highest BCUT2D eigenvalue weighted by Crippen LogP contribution is 2.31. The van der Waals surface area contributed by atoms with E-state index >= 15 is 0 Å². The highest BCUT2D eigenvalue weighted by atomic mass is 35.5. The Morgan fingerprint density at radius 2 is 2.17 bits per heavy atom. The summed E-state index contributed by atoms with van der Waals surface area (Å²) in [7, 11) is 0. The summed E-state index contributed by atoms with van der Waals surface area (Å²) in [6, 6.07) is 6.99. The molecule has 1 aliphatic rings. The van der Waals surface area contributed by atoms with Crippen LogP contribution in [0.25, 0.3) is 5.69 Å². The third-order valence-electron chi connectivity index (χ3n) is 3.65. The molecule has 1 atom stereocenters. The normalized spacial score (nSPS) is 18.0. The van der Waals surface area contributed by atoms with Crippen LogP contribution in [0.4, 0.5) is 4.79 Å². The minimum Gasteiger partial charge on any atom is -0.444 e. The fourth-order valence-corrected chi connectivity index (χ4v) is 2.83. The van der Waals surface area contributed by atoms with Crippen LogP contribution >= 0.6 is 11.6 Å². The Kier molecular flexibility index (Phi) is 4.45. The highest BCUT2D eigenvalue weighted by molar-refractivity contribution is 6.30. The lowest BCUT2D eigenvalue weighted by atomic mass is 10.2. The fraction of sp³-hybridized carbons (Fsp3) is 0.500. The second kappa shape index (κ2) is 6.39. The smallest absolute Gasteiger partial charge is 0.410 e. The maximum atomic E-state index is 12.4. The van der Waals surface area contributed by atoms with E-state index in [2.05, 4.69) is 15.4 Å². The molecule has 0 spiro atoms. The maximum absolute atomic E-state index is 12.4. The summed E-state index contributed by atoms with van der Waals surface area (Å²) in [5.74, 6) is 0.512. The number of carbonyl (C=O) groups excluding carboxylic acids is 1. The number of benzene rings is 1.